The summed E-state index contributed by atoms with van der Waals surface area (Å²) in [7, 11) is 0. The summed E-state index contributed by atoms with van der Waals surface area (Å²) in [5, 5.41) is 0. The van der Waals surface area contributed by atoms with Gasteiger partial charge < -0.3 is 4.79 Å². The molecule has 2 heteroatoms. The summed E-state index contributed by atoms with van der Waals surface area (Å²) in [6, 6.07) is 0. The predicted molar refractivity (Wildman–Crippen MR) is 105 cm³/mol. The van der Waals surface area contributed by atoms with Crippen LogP contribution in [-0.4, -0.2) is 12.6 Å². The zero-order chi connectivity index (χ0) is 18.4. The molecule has 0 amide bonds. The summed E-state index contributed by atoms with van der Waals surface area (Å²) >= 11 is 0. The number of fused-ring (bicyclic) bond motifs is 5. The molecule has 0 spiro atoms. The van der Waals surface area contributed by atoms with Gasteiger partial charge in [-0.05, 0) is 98.4 Å². The van der Waals surface area contributed by atoms with Crippen molar-refractivity contribution in [2.45, 2.75) is 78.1 Å². The average Bonchev–Trinajstić information content (AvgIpc) is 3.03. The normalized spacial score (nSPS) is 49.1. The van der Waals surface area contributed by atoms with E-state index in [4.69, 9.17) is 0 Å². The van der Waals surface area contributed by atoms with Crippen LogP contribution in [0.15, 0.2) is 12.2 Å². The molecule has 0 aliphatic heterocycles. The summed E-state index contributed by atoms with van der Waals surface area (Å²) < 4.78 is 0. The highest BCUT2D eigenvalue weighted by Crippen LogP contribution is 2.67. The molecule has 0 radical (unpaired) electrons. The maximum atomic E-state index is 12.4. The van der Waals surface area contributed by atoms with Gasteiger partial charge in [0.1, 0.15) is 12.6 Å². The SMILES string of the molecule is C[C@H](C=CC=O)[C@H]1CC[C@H]2[C@@H]3CCC4CCCC[C@]4(C=O)[C@H]3CC[C@]12C. The second-order valence-corrected chi connectivity index (χ2v) is 10.2. The highest BCUT2D eigenvalue weighted by Gasteiger charge is 2.61. The molecule has 0 aromatic carbocycles. The maximum absolute atomic E-state index is 12.4. The lowest BCUT2D eigenvalue weighted by molar-refractivity contribution is -0.147. The van der Waals surface area contributed by atoms with Crippen LogP contribution in [-0.2, 0) is 9.59 Å². The van der Waals surface area contributed by atoms with E-state index in [9.17, 15) is 9.59 Å². The van der Waals surface area contributed by atoms with Crippen LogP contribution in [0.1, 0.15) is 78.1 Å². The predicted octanol–water partition coefficient (Wildman–Crippen LogP) is 5.61. The number of rotatable bonds is 4. The molecule has 4 rings (SSSR count). The Bertz CT molecular complexity index is 581. The molecule has 4 aliphatic rings. The number of allylic oxidation sites excluding steroid dienone is 2. The van der Waals surface area contributed by atoms with Crippen molar-refractivity contribution < 1.29 is 9.59 Å². The van der Waals surface area contributed by atoms with E-state index in [0.29, 0.717) is 29.1 Å². The largest absolute Gasteiger partial charge is 0.303 e. The first-order valence-electron chi connectivity index (χ1n) is 11.1. The fourth-order valence-corrected chi connectivity index (χ4v) is 8.45. The van der Waals surface area contributed by atoms with E-state index in [1.165, 1.54) is 64.1 Å². The lowest BCUT2D eigenvalue weighted by atomic mass is 9.44. The molecule has 26 heavy (non-hydrogen) atoms. The van der Waals surface area contributed by atoms with Gasteiger partial charge in [-0.2, -0.15) is 0 Å². The molecule has 0 N–H and O–H groups in total. The second-order valence-electron chi connectivity index (χ2n) is 10.2. The Kier molecular flexibility index (Phi) is 4.90. The Balaban J connectivity index is 1.60. The number of hydrogen-bond donors (Lipinski definition) is 0. The third kappa shape index (κ3) is 2.58. The second kappa shape index (κ2) is 6.91. The monoisotopic (exact) mass is 356 g/mol. The minimum absolute atomic E-state index is 0.0175. The molecular weight excluding hydrogens is 320 g/mol. The van der Waals surface area contributed by atoms with Gasteiger partial charge in [0.25, 0.3) is 0 Å². The fourth-order valence-electron chi connectivity index (χ4n) is 8.45. The van der Waals surface area contributed by atoms with Crippen molar-refractivity contribution in [2.75, 3.05) is 0 Å². The summed E-state index contributed by atoms with van der Waals surface area (Å²) in [5.74, 6) is 4.06. The van der Waals surface area contributed by atoms with Crippen LogP contribution in [0.4, 0.5) is 0 Å². The van der Waals surface area contributed by atoms with Gasteiger partial charge in [-0.1, -0.05) is 32.8 Å². The smallest absolute Gasteiger partial charge is 0.142 e. The van der Waals surface area contributed by atoms with Crippen LogP contribution >= 0.6 is 0 Å². The molecule has 0 aromatic rings. The summed E-state index contributed by atoms with van der Waals surface area (Å²) in [5.41, 5.74) is 0.420. The third-order valence-electron chi connectivity index (χ3n) is 9.57. The van der Waals surface area contributed by atoms with E-state index in [1.54, 1.807) is 6.08 Å². The summed E-state index contributed by atoms with van der Waals surface area (Å²) in [6.45, 7) is 4.84. The molecular formula is C24H36O2. The molecule has 0 bridgehead atoms. The van der Waals surface area contributed by atoms with Crippen molar-refractivity contribution in [3.63, 3.8) is 0 Å². The summed E-state index contributed by atoms with van der Waals surface area (Å²) in [6.07, 6.45) is 19.0. The van der Waals surface area contributed by atoms with Gasteiger partial charge in [-0.15, -0.1) is 0 Å². The Labute approximate surface area is 159 Å². The van der Waals surface area contributed by atoms with Crippen molar-refractivity contribution in [1.82, 2.24) is 0 Å². The quantitative estimate of drug-likeness (QED) is 0.485. The van der Waals surface area contributed by atoms with Crippen LogP contribution in [0.25, 0.3) is 0 Å². The first-order chi connectivity index (χ1) is 12.6. The molecule has 144 valence electrons. The van der Waals surface area contributed by atoms with Crippen molar-refractivity contribution in [1.29, 1.82) is 0 Å². The zero-order valence-corrected chi connectivity index (χ0v) is 16.7. The van der Waals surface area contributed by atoms with E-state index in [0.717, 1.165) is 24.5 Å². The maximum Gasteiger partial charge on any atom is 0.142 e. The van der Waals surface area contributed by atoms with Crippen LogP contribution in [0.5, 0.6) is 0 Å². The standard InChI is InChI=1S/C24H36O2/c1-17(6-5-15-25)20-10-11-21-19-9-8-18-7-3-4-13-24(18,16-26)22(19)12-14-23(20,21)2/h5-6,15-22H,3-4,7-14H2,1-2H3/t17-,18?,19+,20-,21+,22+,23-,24-/m1/s1. The van der Waals surface area contributed by atoms with Crippen molar-refractivity contribution in [3.8, 4) is 0 Å². The van der Waals surface area contributed by atoms with Crippen LogP contribution in [0.2, 0.25) is 0 Å². The zero-order valence-electron chi connectivity index (χ0n) is 16.7. The van der Waals surface area contributed by atoms with Gasteiger partial charge in [0.15, 0.2) is 0 Å². The molecule has 4 aliphatic carbocycles. The van der Waals surface area contributed by atoms with Gasteiger partial charge in [0, 0.05) is 5.41 Å². The number of aldehydes is 2. The highest BCUT2D eigenvalue weighted by molar-refractivity contribution is 5.64. The topological polar surface area (TPSA) is 34.1 Å². The summed E-state index contributed by atoms with van der Waals surface area (Å²) in [4.78, 5) is 23.1. The molecule has 4 fully saturated rings. The van der Waals surface area contributed by atoms with Gasteiger partial charge in [-0.25, -0.2) is 0 Å². The number of carbonyl (C=O) groups excluding carboxylic acids is 2. The Morgan fingerprint density at radius 1 is 0.923 bits per heavy atom. The van der Waals surface area contributed by atoms with Crippen LogP contribution in [0, 0.1) is 46.3 Å². The molecule has 2 nitrogen and oxygen atoms in total. The van der Waals surface area contributed by atoms with Gasteiger partial charge in [-0.3, -0.25) is 4.79 Å². The first-order valence-corrected chi connectivity index (χ1v) is 11.1. The van der Waals surface area contributed by atoms with E-state index >= 15 is 0 Å². The van der Waals surface area contributed by atoms with Crippen molar-refractivity contribution in [3.05, 3.63) is 12.2 Å². The molecule has 0 aromatic heterocycles. The van der Waals surface area contributed by atoms with Crippen LogP contribution in [0.3, 0.4) is 0 Å². The number of carbonyl (C=O) groups is 2. The minimum Gasteiger partial charge on any atom is -0.303 e. The van der Waals surface area contributed by atoms with E-state index in [1.807, 2.05) is 0 Å². The Morgan fingerprint density at radius 2 is 1.77 bits per heavy atom. The minimum atomic E-state index is 0.0175. The van der Waals surface area contributed by atoms with Gasteiger partial charge >= 0.3 is 0 Å². The average molecular weight is 357 g/mol. The highest BCUT2D eigenvalue weighted by atomic mass is 16.1. The molecule has 0 heterocycles. The molecule has 1 unspecified atom stereocenters. The third-order valence-corrected chi connectivity index (χ3v) is 9.57. The Morgan fingerprint density at radius 3 is 2.54 bits per heavy atom. The molecule has 0 saturated heterocycles. The fraction of sp³-hybridized carbons (Fsp3) is 0.833. The number of hydrogen-bond acceptors (Lipinski definition) is 2. The van der Waals surface area contributed by atoms with Crippen LogP contribution < -0.4 is 0 Å². The van der Waals surface area contributed by atoms with E-state index < -0.39 is 0 Å². The van der Waals surface area contributed by atoms with E-state index in [2.05, 4.69) is 19.9 Å². The molecule has 8 atom stereocenters. The van der Waals surface area contributed by atoms with Crippen molar-refractivity contribution in [2.24, 2.45) is 46.3 Å². The van der Waals surface area contributed by atoms with E-state index in [-0.39, 0.29) is 5.41 Å². The molecule has 4 saturated carbocycles. The Hall–Kier alpha value is -0.920. The van der Waals surface area contributed by atoms with Crippen molar-refractivity contribution >= 4 is 12.6 Å². The van der Waals surface area contributed by atoms with Gasteiger partial charge in [0.2, 0.25) is 0 Å². The first kappa shape index (κ1) is 18.4. The lowest BCUT2D eigenvalue weighted by Gasteiger charge is -2.59. The van der Waals surface area contributed by atoms with Gasteiger partial charge in [0.05, 0.1) is 0 Å². The lowest BCUT2D eigenvalue weighted by Crippen LogP contribution is -2.54.